The summed E-state index contributed by atoms with van der Waals surface area (Å²) < 4.78 is 5.05. The van der Waals surface area contributed by atoms with Gasteiger partial charge in [0.25, 0.3) is 0 Å². The van der Waals surface area contributed by atoms with Crippen molar-refractivity contribution in [1.82, 2.24) is 5.32 Å². The summed E-state index contributed by atoms with van der Waals surface area (Å²) in [4.78, 5) is 22.6. The molecule has 6 heteroatoms. The molecule has 0 aromatic heterocycles. The first-order chi connectivity index (χ1) is 8.98. The molecule has 0 bridgehead atoms. The van der Waals surface area contributed by atoms with E-state index in [0.717, 1.165) is 0 Å². The molecule has 0 aliphatic heterocycles. The standard InChI is InChI=1S/C13H16N2O4/c1-15-12(18)19-10-6-13(7-10,11(16)17)8-2-4-9(14)5-3-8/h2-5,10H,6-7,14H2,1H3,(H,15,18)(H,16,17). The molecule has 0 heterocycles. The van der Waals surface area contributed by atoms with Crippen molar-refractivity contribution in [3.63, 3.8) is 0 Å². The van der Waals surface area contributed by atoms with E-state index in [4.69, 9.17) is 10.5 Å². The van der Waals surface area contributed by atoms with Crippen LogP contribution in [0.5, 0.6) is 0 Å². The van der Waals surface area contributed by atoms with Crippen molar-refractivity contribution in [2.24, 2.45) is 0 Å². The molecule has 102 valence electrons. The van der Waals surface area contributed by atoms with Crippen LogP contribution >= 0.6 is 0 Å². The number of rotatable bonds is 3. The SMILES string of the molecule is CNC(=O)OC1CC(C(=O)O)(c2ccc(N)cc2)C1. The maximum atomic E-state index is 11.5. The molecule has 19 heavy (non-hydrogen) atoms. The van der Waals surface area contributed by atoms with Gasteiger partial charge >= 0.3 is 12.1 Å². The van der Waals surface area contributed by atoms with E-state index in [1.807, 2.05) is 0 Å². The Kier molecular flexibility index (Phi) is 3.33. The number of nitrogens with one attached hydrogen (secondary N) is 1. The topological polar surface area (TPSA) is 102 Å². The number of nitrogens with two attached hydrogens (primary N) is 1. The van der Waals surface area contributed by atoms with E-state index < -0.39 is 17.5 Å². The molecule has 6 nitrogen and oxygen atoms in total. The second-order valence-corrected chi connectivity index (χ2v) is 4.69. The van der Waals surface area contributed by atoms with Crippen LogP contribution < -0.4 is 11.1 Å². The minimum atomic E-state index is -0.980. The molecule has 4 N–H and O–H groups in total. The van der Waals surface area contributed by atoms with Gasteiger partial charge in [-0.1, -0.05) is 12.1 Å². The number of carboxylic acids is 1. The van der Waals surface area contributed by atoms with Gasteiger partial charge in [0.05, 0.1) is 5.41 Å². The third-order valence-electron chi connectivity index (χ3n) is 3.50. The van der Waals surface area contributed by atoms with Crippen molar-refractivity contribution in [1.29, 1.82) is 0 Å². The summed E-state index contributed by atoms with van der Waals surface area (Å²) in [6.07, 6.45) is -0.353. The largest absolute Gasteiger partial charge is 0.481 e. The van der Waals surface area contributed by atoms with Crippen molar-refractivity contribution in [3.8, 4) is 0 Å². The average Bonchev–Trinajstić information content (AvgIpc) is 2.33. The molecule has 0 spiro atoms. The molecule has 2 rings (SSSR count). The molecule has 1 fully saturated rings. The van der Waals surface area contributed by atoms with Gasteiger partial charge in [0.2, 0.25) is 0 Å². The molecular weight excluding hydrogens is 248 g/mol. The Hall–Kier alpha value is -2.24. The Morgan fingerprint density at radius 2 is 1.95 bits per heavy atom. The maximum absolute atomic E-state index is 11.5. The van der Waals surface area contributed by atoms with Crippen LogP contribution in [0.1, 0.15) is 18.4 Å². The van der Waals surface area contributed by atoms with Crippen LogP contribution in [0.15, 0.2) is 24.3 Å². The maximum Gasteiger partial charge on any atom is 0.407 e. The van der Waals surface area contributed by atoms with Gasteiger partial charge in [-0.15, -0.1) is 0 Å². The highest BCUT2D eigenvalue weighted by Gasteiger charge is 2.53. The van der Waals surface area contributed by atoms with Crippen LogP contribution in [0.3, 0.4) is 0 Å². The average molecular weight is 264 g/mol. The predicted octanol–water partition coefficient (Wildman–Crippen LogP) is 1.11. The normalized spacial score (nSPS) is 25.2. The Balaban J connectivity index is 2.13. The van der Waals surface area contributed by atoms with E-state index in [1.54, 1.807) is 24.3 Å². The second kappa shape index (κ2) is 4.79. The van der Waals surface area contributed by atoms with Crippen LogP contribution in [0.25, 0.3) is 0 Å². The molecule has 1 aromatic carbocycles. The lowest BCUT2D eigenvalue weighted by Crippen LogP contribution is -2.52. The number of carbonyl (C=O) groups is 2. The molecular formula is C13H16N2O4. The third-order valence-corrected chi connectivity index (χ3v) is 3.50. The number of hydrogen-bond acceptors (Lipinski definition) is 4. The van der Waals surface area contributed by atoms with Crippen molar-refractivity contribution < 1.29 is 19.4 Å². The van der Waals surface area contributed by atoms with Gasteiger partial charge in [-0.3, -0.25) is 4.79 Å². The summed E-state index contributed by atoms with van der Waals surface area (Å²) in [5.74, 6) is -0.908. The summed E-state index contributed by atoms with van der Waals surface area (Å²) in [5, 5.41) is 11.8. The Labute approximate surface area is 110 Å². The number of ether oxygens (including phenoxy) is 1. The van der Waals surface area contributed by atoms with Crippen LogP contribution in [-0.2, 0) is 14.9 Å². The molecule has 0 atom stereocenters. The number of aliphatic carboxylic acids is 1. The molecule has 1 amide bonds. The first-order valence-electron chi connectivity index (χ1n) is 5.96. The molecule has 0 radical (unpaired) electrons. The molecule has 1 saturated carbocycles. The van der Waals surface area contributed by atoms with E-state index in [-0.39, 0.29) is 18.9 Å². The number of anilines is 1. The minimum absolute atomic E-state index is 0.277. The quantitative estimate of drug-likeness (QED) is 0.710. The summed E-state index contributed by atoms with van der Waals surface area (Å²) in [5.41, 5.74) is 5.88. The van der Waals surface area contributed by atoms with Crippen LogP contribution in [0.2, 0.25) is 0 Å². The number of hydrogen-bond donors (Lipinski definition) is 3. The highest BCUT2D eigenvalue weighted by Crippen LogP contribution is 2.45. The minimum Gasteiger partial charge on any atom is -0.481 e. The molecule has 0 unspecified atom stereocenters. The fraction of sp³-hybridized carbons (Fsp3) is 0.385. The zero-order valence-corrected chi connectivity index (χ0v) is 10.6. The molecule has 0 saturated heterocycles. The van der Waals surface area contributed by atoms with Gasteiger partial charge in [-0.05, 0) is 17.7 Å². The lowest BCUT2D eigenvalue weighted by Gasteiger charge is -2.43. The van der Waals surface area contributed by atoms with Crippen molar-refractivity contribution in [2.45, 2.75) is 24.4 Å². The number of alkyl carbamates (subject to hydrolysis) is 1. The lowest BCUT2D eigenvalue weighted by molar-refractivity contribution is -0.153. The molecule has 1 aliphatic carbocycles. The summed E-state index contributed by atoms with van der Waals surface area (Å²) in [6, 6.07) is 6.76. The first kappa shape index (κ1) is 13.2. The Morgan fingerprint density at radius 3 is 2.42 bits per heavy atom. The zero-order chi connectivity index (χ0) is 14.0. The Bertz CT molecular complexity index is 492. The summed E-state index contributed by atoms with van der Waals surface area (Å²) in [7, 11) is 1.46. The summed E-state index contributed by atoms with van der Waals surface area (Å²) in [6.45, 7) is 0. The smallest absolute Gasteiger partial charge is 0.407 e. The van der Waals surface area contributed by atoms with Gasteiger partial charge in [0, 0.05) is 25.6 Å². The predicted molar refractivity (Wildman–Crippen MR) is 68.7 cm³/mol. The lowest BCUT2D eigenvalue weighted by atomic mass is 9.62. The highest BCUT2D eigenvalue weighted by atomic mass is 16.6. The first-order valence-corrected chi connectivity index (χ1v) is 5.96. The fourth-order valence-corrected chi connectivity index (χ4v) is 2.35. The second-order valence-electron chi connectivity index (χ2n) is 4.69. The number of amides is 1. The van der Waals surface area contributed by atoms with Crippen LogP contribution in [-0.4, -0.2) is 30.3 Å². The van der Waals surface area contributed by atoms with Gasteiger partial charge in [-0.2, -0.15) is 0 Å². The van der Waals surface area contributed by atoms with E-state index in [0.29, 0.717) is 11.3 Å². The third kappa shape index (κ3) is 2.33. The van der Waals surface area contributed by atoms with E-state index >= 15 is 0 Å². The van der Waals surface area contributed by atoms with Crippen LogP contribution in [0, 0.1) is 0 Å². The monoisotopic (exact) mass is 264 g/mol. The van der Waals surface area contributed by atoms with Crippen molar-refractivity contribution in [2.75, 3.05) is 12.8 Å². The van der Waals surface area contributed by atoms with E-state index in [9.17, 15) is 14.7 Å². The molecule has 1 aliphatic rings. The van der Waals surface area contributed by atoms with E-state index in [1.165, 1.54) is 7.05 Å². The number of carbonyl (C=O) groups excluding carboxylic acids is 1. The van der Waals surface area contributed by atoms with Crippen molar-refractivity contribution in [3.05, 3.63) is 29.8 Å². The number of nitrogen functional groups attached to an aromatic ring is 1. The van der Waals surface area contributed by atoms with Gasteiger partial charge in [0.15, 0.2) is 0 Å². The van der Waals surface area contributed by atoms with Gasteiger partial charge in [-0.25, -0.2) is 4.79 Å². The zero-order valence-electron chi connectivity index (χ0n) is 10.6. The number of benzene rings is 1. The van der Waals surface area contributed by atoms with Gasteiger partial charge in [0.1, 0.15) is 6.10 Å². The van der Waals surface area contributed by atoms with Crippen molar-refractivity contribution >= 4 is 17.7 Å². The van der Waals surface area contributed by atoms with Crippen LogP contribution in [0.4, 0.5) is 10.5 Å². The van der Waals surface area contributed by atoms with Gasteiger partial charge < -0.3 is 20.9 Å². The number of carboxylic acid groups (broad SMARTS) is 1. The van der Waals surface area contributed by atoms with E-state index in [2.05, 4.69) is 5.32 Å². The molecule has 1 aromatic rings. The summed E-state index contributed by atoms with van der Waals surface area (Å²) >= 11 is 0. The fourth-order valence-electron chi connectivity index (χ4n) is 2.35. The Morgan fingerprint density at radius 1 is 1.37 bits per heavy atom. The highest BCUT2D eigenvalue weighted by molar-refractivity contribution is 5.83.